The molecule has 1 amide bonds. The van der Waals surface area contributed by atoms with Gasteiger partial charge in [-0.25, -0.2) is 9.18 Å². The predicted octanol–water partition coefficient (Wildman–Crippen LogP) is 5.47. The number of esters is 1. The summed E-state index contributed by atoms with van der Waals surface area (Å²) >= 11 is 0. The largest absolute Gasteiger partial charge is 0.467 e. The Morgan fingerprint density at radius 3 is 2.31 bits per heavy atom. The number of hydrogen-bond donors (Lipinski definition) is 1. The van der Waals surface area contributed by atoms with Gasteiger partial charge in [0.1, 0.15) is 11.9 Å². The fraction of sp³-hybridized carbons (Fsp3) is 0.345. The maximum atomic E-state index is 13.3. The van der Waals surface area contributed by atoms with Crippen LogP contribution in [0.3, 0.4) is 0 Å². The quantitative estimate of drug-likeness (QED) is 0.302. The van der Waals surface area contributed by atoms with Crippen molar-refractivity contribution in [2.24, 2.45) is 5.92 Å². The van der Waals surface area contributed by atoms with Gasteiger partial charge >= 0.3 is 12.1 Å². The van der Waals surface area contributed by atoms with Gasteiger partial charge in [0.05, 0.1) is 30.0 Å². The SMILES string of the molecule is COC(=O)C(Cc1ccc(F)cc1)NC(=O)c1cnc2c(c1)CN(Cc1ccc(C(F)(F)F)cc1)[C@H]2C(C)C. The van der Waals surface area contributed by atoms with Crippen LogP contribution in [0.2, 0.25) is 0 Å². The maximum absolute atomic E-state index is 13.3. The first-order valence-corrected chi connectivity index (χ1v) is 12.5. The second-order valence-electron chi connectivity index (χ2n) is 9.94. The summed E-state index contributed by atoms with van der Waals surface area (Å²) in [5.41, 5.74) is 2.60. The van der Waals surface area contributed by atoms with E-state index in [1.54, 1.807) is 6.07 Å². The van der Waals surface area contributed by atoms with Gasteiger partial charge in [0, 0.05) is 25.7 Å². The summed E-state index contributed by atoms with van der Waals surface area (Å²) in [6, 6.07) is 11.4. The van der Waals surface area contributed by atoms with E-state index in [9.17, 15) is 27.2 Å². The van der Waals surface area contributed by atoms with Crippen molar-refractivity contribution in [2.45, 2.75) is 51.6 Å². The van der Waals surface area contributed by atoms with Crippen LogP contribution in [0.1, 0.15) is 58.2 Å². The first kappa shape index (κ1) is 28.2. The highest BCUT2D eigenvalue weighted by Gasteiger charge is 2.35. The number of hydrogen-bond acceptors (Lipinski definition) is 5. The highest BCUT2D eigenvalue weighted by Crippen LogP contribution is 2.39. The van der Waals surface area contributed by atoms with Crippen molar-refractivity contribution in [3.63, 3.8) is 0 Å². The molecule has 206 valence electrons. The van der Waals surface area contributed by atoms with E-state index in [4.69, 9.17) is 4.74 Å². The predicted molar refractivity (Wildman–Crippen MR) is 136 cm³/mol. The summed E-state index contributed by atoms with van der Waals surface area (Å²) in [5, 5.41) is 2.69. The smallest absolute Gasteiger partial charge is 0.416 e. The third-order valence-corrected chi connectivity index (χ3v) is 6.75. The van der Waals surface area contributed by atoms with Crippen LogP contribution >= 0.6 is 0 Å². The fourth-order valence-electron chi connectivity index (χ4n) is 4.89. The number of pyridine rings is 1. The number of nitrogens with zero attached hydrogens (tertiary/aromatic N) is 2. The second-order valence-corrected chi connectivity index (χ2v) is 9.94. The van der Waals surface area contributed by atoms with Crippen LogP contribution in [-0.2, 0) is 35.2 Å². The van der Waals surface area contributed by atoms with E-state index in [0.29, 0.717) is 18.7 Å². The van der Waals surface area contributed by atoms with E-state index in [-0.39, 0.29) is 23.9 Å². The van der Waals surface area contributed by atoms with Crippen molar-refractivity contribution in [3.8, 4) is 0 Å². The van der Waals surface area contributed by atoms with E-state index in [0.717, 1.165) is 29.0 Å². The highest BCUT2D eigenvalue weighted by atomic mass is 19.4. The average molecular weight is 544 g/mol. The van der Waals surface area contributed by atoms with Gasteiger partial charge in [0.2, 0.25) is 0 Å². The number of ether oxygens (including phenoxy) is 1. The molecule has 0 saturated heterocycles. The van der Waals surface area contributed by atoms with E-state index < -0.39 is 35.5 Å². The van der Waals surface area contributed by atoms with Gasteiger partial charge in [-0.05, 0) is 52.9 Å². The number of methoxy groups -OCH3 is 1. The van der Waals surface area contributed by atoms with Gasteiger partial charge < -0.3 is 10.1 Å². The van der Waals surface area contributed by atoms with Gasteiger partial charge in [0.15, 0.2) is 0 Å². The average Bonchev–Trinajstić information content (AvgIpc) is 3.26. The minimum atomic E-state index is -4.39. The number of carbonyl (C=O) groups is 2. The van der Waals surface area contributed by atoms with Crippen LogP contribution in [0, 0.1) is 11.7 Å². The number of alkyl halides is 3. The van der Waals surface area contributed by atoms with E-state index >= 15 is 0 Å². The summed E-state index contributed by atoms with van der Waals surface area (Å²) in [6.07, 6.45) is -2.82. The molecule has 0 aliphatic carbocycles. The van der Waals surface area contributed by atoms with Crippen molar-refractivity contribution in [3.05, 3.63) is 100 Å². The molecule has 2 heterocycles. The molecule has 0 radical (unpaired) electrons. The molecular formula is C29H29F4N3O3. The Hall–Kier alpha value is -3.79. The topological polar surface area (TPSA) is 71.5 Å². The number of carbonyl (C=O) groups excluding carboxylic acids is 2. The standard InChI is InChI=1S/C29H29F4N3O3/c1-17(2)26-25-21(16-36(26)15-19-4-8-22(9-5-19)29(31,32)33)13-20(14-34-25)27(37)35-24(28(38)39-3)12-18-6-10-23(30)11-7-18/h4-11,13-14,17,24,26H,12,15-16H2,1-3H3,(H,35,37)/t24?,26-/m0/s1. The van der Waals surface area contributed by atoms with Crippen LogP contribution < -0.4 is 5.32 Å². The lowest BCUT2D eigenvalue weighted by Crippen LogP contribution is -2.43. The lowest BCUT2D eigenvalue weighted by molar-refractivity contribution is -0.143. The van der Waals surface area contributed by atoms with Crippen molar-refractivity contribution in [1.82, 2.24) is 15.2 Å². The Bertz CT molecular complexity index is 1330. The molecule has 0 fully saturated rings. The monoisotopic (exact) mass is 543 g/mol. The van der Waals surface area contributed by atoms with Crippen molar-refractivity contribution < 1.29 is 31.9 Å². The highest BCUT2D eigenvalue weighted by molar-refractivity contribution is 5.96. The molecule has 0 spiro atoms. The van der Waals surface area contributed by atoms with Crippen molar-refractivity contribution in [1.29, 1.82) is 0 Å². The molecule has 3 aromatic rings. The Morgan fingerprint density at radius 1 is 1.08 bits per heavy atom. The molecule has 1 N–H and O–H groups in total. The van der Waals surface area contributed by atoms with Gasteiger partial charge in [-0.3, -0.25) is 14.7 Å². The first-order valence-electron chi connectivity index (χ1n) is 12.5. The number of rotatable bonds is 8. The molecule has 1 aliphatic rings. The van der Waals surface area contributed by atoms with Gasteiger partial charge in [0.25, 0.3) is 5.91 Å². The number of nitrogens with one attached hydrogen (secondary N) is 1. The molecule has 6 nitrogen and oxygen atoms in total. The van der Waals surface area contributed by atoms with Gasteiger partial charge in [-0.15, -0.1) is 0 Å². The molecule has 4 rings (SSSR count). The zero-order chi connectivity index (χ0) is 28.3. The molecule has 10 heteroatoms. The minimum Gasteiger partial charge on any atom is -0.467 e. The summed E-state index contributed by atoms with van der Waals surface area (Å²) < 4.78 is 57.0. The van der Waals surface area contributed by atoms with E-state index in [1.165, 1.54) is 49.7 Å². The van der Waals surface area contributed by atoms with Crippen molar-refractivity contribution >= 4 is 11.9 Å². The maximum Gasteiger partial charge on any atom is 0.416 e. The van der Waals surface area contributed by atoms with E-state index in [2.05, 4.69) is 15.2 Å². The number of fused-ring (bicyclic) bond motifs is 1. The zero-order valence-corrected chi connectivity index (χ0v) is 21.8. The fourth-order valence-corrected chi connectivity index (χ4v) is 4.89. The third kappa shape index (κ3) is 6.62. The second kappa shape index (κ2) is 11.5. The lowest BCUT2D eigenvalue weighted by atomic mass is 9.99. The number of aromatic nitrogens is 1. The zero-order valence-electron chi connectivity index (χ0n) is 21.8. The van der Waals surface area contributed by atoms with Crippen LogP contribution in [0.15, 0.2) is 60.8 Å². The molecule has 2 atom stereocenters. The first-order chi connectivity index (χ1) is 18.5. The Morgan fingerprint density at radius 2 is 1.72 bits per heavy atom. The van der Waals surface area contributed by atoms with Crippen LogP contribution in [0.4, 0.5) is 17.6 Å². The van der Waals surface area contributed by atoms with Gasteiger partial charge in [-0.1, -0.05) is 38.1 Å². The number of amides is 1. The van der Waals surface area contributed by atoms with Crippen LogP contribution in [-0.4, -0.2) is 34.9 Å². The van der Waals surface area contributed by atoms with E-state index in [1.807, 2.05) is 13.8 Å². The van der Waals surface area contributed by atoms with Crippen molar-refractivity contribution in [2.75, 3.05) is 7.11 Å². The summed E-state index contributed by atoms with van der Waals surface area (Å²) in [7, 11) is 1.22. The molecule has 0 saturated carbocycles. The molecular weight excluding hydrogens is 514 g/mol. The lowest BCUT2D eigenvalue weighted by Gasteiger charge is -2.27. The molecule has 2 aromatic carbocycles. The summed E-state index contributed by atoms with van der Waals surface area (Å²) in [6.45, 7) is 4.96. The Balaban J connectivity index is 1.50. The molecule has 1 aromatic heterocycles. The van der Waals surface area contributed by atoms with Gasteiger partial charge in [-0.2, -0.15) is 13.2 Å². The third-order valence-electron chi connectivity index (χ3n) is 6.75. The van der Waals surface area contributed by atoms with Crippen LogP contribution in [0.25, 0.3) is 0 Å². The minimum absolute atomic E-state index is 0.0827. The van der Waals surface area contributed by atoms with Crippen LogP contribution in [0.5, 0.6) is 0 Å². The summed E-state index contributed by atoms with van der Waals surface area (Å²) in [5.74, 6) is -1.39. The Kier molecular flexibility index (Phi) is 8.34. The normalized spacial score (nSPS) is 16.2. The summed E-state index contributed by atoms with van der Waals surface area (Å²) in [4.78, 5) is 32.1. The molecule has 39 heavy (non-hydrogen) atoms. The molecule has 1 aliphatic heterocycles. The Labute approximate surface area is 224 Å². The number of benzene rings is 2. The molecule has 0 bridgehead atoms. The number of halogens is 4. The molecule has 1 unspecified atom stereocenters.